The van der Waals surface area contributed by atoms with Gasteiger partial charge in [-0.15, -0.1) is 0 Å². The van der Waals surface area contributed by atoms with Crippen LogP contribution in [0.15, 0.2) is 24.3 Å². The predicted octanol–water partition coefficient (Wildman–Crippen LogP) is -4.85. The monoisotopic (exact) mass is 297 g/mol. The summed E-state index contributed by atoms with van der Waals surface area (Å²) in [5.74, 6) is -0.502. The van der Waals surface area contributed by atoms with Crippen molar-refractivity contribution in [1.82, 2.24) is 0 Å². The van der Waals surface area contributed by atoms with Gasteiger partial charge >= 0.3 is 118 Å². The summed E-state index contributed by atoms with van der Waals surface area (Å²) in [5.41, 5.74) is 5.50. The summed E-state index contributed by atoms with van der Waals surface area (Å²) in [6, 6.07) is 5.62. The van der Waals surface area contributed by atoms with Crippen molar-refractivity contribution >= 4 is 30.1 Å². The van der Waals surface area contributed by atoms with Crippen molar-refractivity contribution in [1.29, 1.82) is 0 Å². The normalized spacial score (nSPS) is 10.4. The number of benzene rings is 1. The van der Waals surface area contributed by atoms with Gasteiger partial charge in [0.1, 0.15) is 0 Å². The molecule has 16 heavy (non-hydrogen) atoms. The summed E-state index contributed by atoms with van der Waals surface area (Å²) in [7, 11) is 0. The van der Waals surface area contributed by atoms with E-state index in [4.69, 9.17) is 13.9 Å². The Morgan fingerprint density at radius 2 is 1.81 bits per heavy atom. The van der Waals surface area contributed by atoms with E-state index in [9.17, 15) is 8.53 Å². The second-order valence-corrected chi connectivity index (χ2v) is 6.28. The van der Waals surface area contributed by atoms with Gasteiger partial charge in [-0.1, -0.05) is 0 Å². The quantitative estimate of drug-likeness (QED) is 0.416. The smallest absolute Gasteiger partial charge is 1.00 e. The topological polar surface area (TPSA) is 113 Å². The maximum Gasteiger partial charge on any atom is 1.00 e. The molecule has 0 atom stereocenters. The molecule has 0 bridgehead atoms. The molecule has 1 amide bonds. The molecule has 1 aromatic rings. The number of amides is 1. The van der Waals surface area contributed by atoms with Gasteiger partial charge in [0.05, 0.1) is 0 Å². The van der Waals surface area contributed by atoms with Crippen LogP contribution in [0, 0.1) is 0 Å². The molecule has 5 N–H and O–H groups in total. The van der Waals surface area contributed by atoms with Crippen LogP contribution in [0.3, 0.4) is 0 Å². The number of hydrogen-bond donors (Lipinski definition) is 4. The molecule has 8 heteroatoms. The molecule has 0 aliphatic heterocycles. The van der Waals surface area contributed by atoms with Crippen molar-refractivity contribution in [2.45, 2.75) is 0 Å². The maximum absolute atomic E-state index is 10.9. The number of carbonyl (C=O) groups excluding carboxylic acids is 1. The number of rotatable bonds is 4. The van der Waals surface area contributed by atoms with E-state index >= 15 is 0 Å². The largest absolute Gasteiger partial charge is 1.00 e. The average molecular weight is 297 g/mol. The van der Waals surface area contributed by atoms with Crippen LogP contribution in [0.2, 0.25) is 0 Å². The molecule has 0 heterocycles. The SMILES string of the molecule is NC(=O)CNc1ccc([As](=O)(O)O)cc1.[Na+]. The molecule has 1 rings (SSSR count). The zero-order valence-corrected chi connectivity index (χ0v) is 12.6. The summed E-state index contributed by atoms with van der Waals surface area (Å²) in [6.45, 7) is -0.0136. The number of carbonyl (C=O) groups is 1. The van der Waals surface area contributed by atoms with Crippen LogP contribution in [-0.2, 0) is 8.53 Å². The molecule has 0 aromatic heterocycles. The molecule has 0 saturated carbocycles. The first-order valence-corrected chi connectivity index (χ1v) is 7.46. The van der Waals surface area contributed by atoms with Gasteiger partial charge in [-0.05, 0) is 0 Å². The second kappa shape index (κ2) is 6.49. The molecule has 82 valence electrons. The number of nitrogens with two attached hydrogens (primary N) is 1. The Morgan fingerprint density at radius 3 is 2.19 bits per heavy atom. The van der Waals surface area contributed by atoms with Crippen LogP contribution in [0.25, 0.3) is 0 Å². The third kappa shape index (κ3) is 5.20. The Labute approximate surface area is 118 Å². The molecule has 0 unspecified atom stereocenters. The third-order valence-corrected chi connectivity index (χ3v) is 3.71. The van der Waals surface area contributed by atoms with Crippen molar-refractivity contribution < 1.29 is 46.3 Å². The summed E-state index contributed by atoms with van der Waals surface area (Å²) in [4.78, 5) is 10.4. The molecular formula is C8H11AsN2NaO4+. The molecular weight excluding hydrogens is 286 g/mol. The second-order valence-electron chi connectivity index (χ2n) is 2.91. The molecule has 6 nitrogen and oxygen atoms in total. The van der Waals surface area contributed by atoms with Gasteiger partial charge in [-0.2, -0.15) is 0 Å². The Morgan fingerprint density at radius 1 is 1.31 bits per heavy atom. The van der Waals surface area contributed by atoms with E-state index in [0.29, 0.717) is 5.69 Å². The number of nitrogens with one attached hydrogen (secondary N) is 1. The van der Waals surface area contributed by atoms with Crippen molar-refractivity contribution in [2.24, 2.45) is 5.73 Å². The number of hydrogen-bond acceptors (Lipinski definition) is 3. The van der Waals surface area contributed by atoms with E-state index < -0.39 is 20.1 Å². The number of anilines is 1. The van der Waals surface area contributed by atoms with E-state index in [1.54, 1.807) is 0 Å². The van der Waals surface area contributed by atoms with Crippen molar-refractivity contribution in [3.8, 4) is 0 Å². The summed E-state index contributed by atoms with van der Waals surface area (Å²) < 4.78 is 28.6. The minimum atomic E-state index is -4.80. The maximum atomic E-state index is 10.9. The van der Waals surface area contributed by atoms with E-state index in [2.05, 4.69) is 5.32 Å². The van der Waals surface area contributed by atoms with Gasteiger partial charge in [0.25, 0.3) is 0 Å². The molecule has 0 spiro atoms. The fraction of sp³-hybridized carbons (Fsp3) is 0.125. The molecule has 0 saturated heterocycles. The van der Waals surface area contributed by atoms with Crippen molar-refractivity contribution in [2.75, 3.05) is 11.9 Å². The van der Waals surface area contributed by atoms with Gasteiger partial charge in [-0.3, -0.25) is 0 Å². The van der Waals surface area contributed by atoms with E-state index in [0.717, 1.165) is 0 Å². The summed E-state index contributed by atoms with van der Waals surface area (Å²) in [6.07, 6.45) is 0. The predicted molar refractivity (Wildman–Crippen MR) is 54.6 cm³/mol. The molecule has 0 aliphatic carbocycles. The van der Waals surface area contributed by atoms with Crippen LogP contribution < -0.4 is 45.0 Å². The molecule has 1 aromatic carbocycles. The first kappa shape index (κ1) is 15.8. The Balaban J connectivity index is 0.00000225. The zero-order chi connectivity index (χ0) is 11.5. The molecule has 0 radical (unpaired) electrons. The van der Waals surface area contributed by atoms with Crippen molar-refractivity contribution in [3.63, 3.8) is 0 Å². The van der Waals surface area contributed by atoms with E-state index in [1.807, 2.05) is 0 Å². The third-order valence-electron chi connectivity index (χ3n) is 1.67. The van der Waals surface area contributed by atoms with Crippen LogP contribution in [0.5, 0.6) is 0 Å². The minimum Gasteiger partial charge on any atom is 1.00 e. The summed E-state index contributed by atoms with van der Waals surface area (Å²) >= 11 is -4.80. The summed E-state index contributed by atoms with van der Waals surface area (Å²) in [5, 5.41) is 2.70. The first-order valence-electron chi connectivity index (χ1n) is 4.08. The van der Waals surface area contributed by atoms with Gasteiger partial charge in [0.15, 0.2) is 0 Å². The van der Waals surface area contributed by atoms with Gasteiger partial charge < -0.3 is 0 Å². The van der Waals surface area contributed by atoms with Crippen LogP contribution >= 0.6 is 0 Å². The first-order chi connectivity index (χ1) is 6.89. The fourth-order valence-corrected chi connectivity index (χ4v) is 2.09. The molecule has 0 aliphatic rings. The average Bonchev–Trinajstić information content (AvgIpc) is 2.14. The van der Waals surface area contributed by atoms with E-state index in [1.165, 1.54) is 24.3 Å². The van der Waals surface area contributed by atoms with Crippen molar-refractivity contribution in [3.05, 3.63) is 24.3 Å². The Hall–Kier alpha value is -0.232. The minimum absolute atomic E-state index is 0. The van der Waals surface area contributed by atoms with Crippen LogP contribution in [-0.4, -0.2) is 34.8 Å². The molecule has 0 fully saturated rings. The standard InChI is InChI=1S/C8H11AsN2O4.Na/c10-8(12)5-11-7-3-1-6(2-4-7)9(13,14)15;/h1-4,11H,5H2,(H2,10,12)(H2,13,14,15);/q;+1. The van der Waals surface area contributed by atoms with Gasteiger partial charge in [0.2, 0.25) is 0 Å². The van der Waals surface area contributed by atoms with Gasteiger partial charge in [0, 0.05) is 0 Å². The van der Waals surface area contributed by atoms with Crippen LogP contribution in [0.1, 0.15) is 0 Å². The Bertz CT molecular complexity index is 403. The Kier molecular flexibility index (Phi) is 6.40. The fourth-order valence-electron chi connectivity index (χ4n) is 0.963. The van der Waals surface area contributed by atoms with Crippen LogP contribution in [0.4, 0.5) is 5.69 Å². The zero-order valence-electron chi connectivity index (χ0n) is 8.75. The number of primary amides is 1. The van der Waals surface area contributed by atoms with E-state index in [-0.39, 0.29) is 40.5 Å². The van der Waals surface area contributed by atoms with Gasteiger partial charge in [-0.25, -0.2) is 0 Å².